The number of methoxy groups -OCH3 is 5. The minimum absolute atomic E-state index is 0.157. The van der Waals surface area contributed by atoms with E-state index in [9.17, 15) is 14.4 Å². The monoisotopic (exact) mass is 380 g/mol. The largest absolute Gasteiger partial charge is 0.504 e. The molecule has 0 aliphatic heterocycles. The summed E-state index contributed by atoms with van der Waals surface area (Å²) < 4.78 is 22.5. The third-order valence-electron chi connectivity index (χ3n) is 2.93. The van der Waals surface area contributed by atoms with Gasteiger partial charge in [0, 0.05) is 13.5 Å². The highest BCUT2D eigenvalue weighted by molar-refractivity contribution is 5.87. The number of hydrogen-bond acceptors (Lipinski definition) is 9. The normalized spacial score (nSPS) is 12.1. The molecule has 0 saturated heterocycles. The first-order valence-electron chi connectivity index (χ1n) is 7.76. The number of esters is 3. The Hall–Kier alpha value is -2.13. The summed E-state index contributed by atoms with van der Waals surface area (Å²) in [6.07, 6.45) is 1.34. The lowest BCUT2D eigenvalue weighted by molar-refractivity contribution is -0.150. The van der Waals surface area contributed by atoms with Crippen LogP contribution in [0.25, 0.3) is 0 Å². The summed E-state index contributed by atoms with van der Waals surface area (Å²) in [4.78, 5) is 31.3. The summed E-state index contributed by atoms with van der Waals surface area (Å²) >= 11 is 0. The SMILES string of the molecule is CCC(=O)OC.COC(=O)C(C)C(CO)OC.COC=C(C)C(=O)OC. The van der Waals surface area contributed by atoms with Gasteiger partial charge in [0.25, 0.3) is 0 Å². The molecule has 0 rings (SSSR count). The molecule has 0 aliphatic carbocycles. The molecule has 0 bridgehead atoms. The van der Waals surface area contributed by atoms with Gasteiger partial charge in [0.15, 0.2) is 0 Å². The first-order chi connectivity index (χ1) is 12.2. The van der Waals surface area contributed by atoms with Crippen LogP contribution in [0.2, 0.25) is 0 Å². The number of rotatable bonds is 7. The first-order valence-corrected chi connectivity index (χ1v) is 7.76. The molecule has 0 aliphatic rings. The van der Waals surface area contributed by atoms with Crippen LogP contribution in [0.3, 0.4) is 0 Å². The summed E-state index contributed by atoms with van der Waals surface area (Å²) in [7, 11) is 6.94. The lowest BCUT2D eigenvalue weighted by Gasteiger charge is -2.17. The van der Waals surface area contributed by atoms with Crippen LogP contribution in [-0.2, 0) is 38.1 Å². The Labute approximate surface area is 155 Å². The van der Waals surface area contributed by atoms with E-state index in [2.05, 4.69) is 18.9 Å². The Balaban J connectivity index is -0.000000319. The van der Waals surface area contributed by atoms with Crippen LogP contribution in [0.15, 0.2) is 11.8 Å². The van der Waals surface area contributed by atoms with Gasteiger partial charge in [-0.3, -0.25) is 9.59 Å². The van der Waals surface area contributed by atoms with Crippen molar-refractivity contribution in [2.45, 2.75) is 33.3 Å². The molecule has 0 heterocycles. The van der Waals surface area contributed by atoms with E-state index in [-0.39, 0.29) is 24.5 Å². The van der Waals surface area contributed by atoms with E-state index in [1.807, 2.05) is 0 Å². The van der Waals surface area contributed by atoms with E-state index in [1.165, 1.54) is 41.8 Å². The number of hydrogen-bond donors (Lipinski definition) is 1. The van der Waals surface area contributed by atoms with E-state index in [0.717, 1.165) is 0 Å². The second-order valence-electron chi connectivity index (χ2n) is 4.73. The molecule has 2 atom stereocenters. The molecule has 9 heteroatoms. The highest BCUT2D eigenvalue weighted by Gasteiger charge is 2.23. The molecule has 1 N–H and O–H groups in total. The van der Waals surface area contributed by atoms with Crippen molar-refractivity contribution in [2.24, 2.45) is 5.92 Å². The molecule has 9 nitrogen and oxygen atoms in total. The van der Waals surface area contributed by atoms with Gasteiger partial charge in [0.1, 0.15) is 0 Å². The first kappa shape index (κ1) is 28.7. The topological polar surface area (TPSA) is 118 Å². The highest BCUT2D eigenvalue weighted by Crippen LogP contribution is 2.07. The van der Waals surface area contributed by atoms with Crippen LogP contribution in [0, 0.1) is 5.92 Å². The van der Waals surface area contributed by atoms with Gasteiger partial charge in [0.05, 0.1) is 58.9 Å². The van der Waals surface area contributed by atoms with E-state index in [4.69, 9.17) is 9.84 Å². The fraction of sp³-hybridized carbons (Fsp3) is 0.706. The number of carbonyl (C=O) groups is 3. The van der Waals surface area contributed by atoms with Crippen molar-refractivity contribution in [1.82, 2.24) is 0 Å². The zero-order chi connectivity index (χ0) is 21.1. The van der Waals surface area contributed by atoms with E-state index in [0.29, 0.717) is 12.0 Å². The molecule has 0 aromatic heterocycles. The number of ether oxygens (including phenoxy) is 5. The van der Waals surface area contributed by atoms with Crippen LogP contribution in [0.4, 0.5) is 0 Å². The predicted molar refractivity (Wildman–Crippen MR) is 94.2 cm³/mol. The van der Waals surface area contributed by atoms with Crippen molar-refractivity contribution in [3.63, 3.8) is 0 Å². The van der Waals surface area contributed by atoms with Gasteiger partial charge in [-0.2, -0.15) is 0 Å². The summed E-state index contributed by atoms with van der Waals surface area (Å²) in [5, 5.41) is 8.71. The molecule has 0 amide bonds. The van der Waals surface area contributed by atoms with Gasteiger partial charge in [-0.05, 0) is 13.8 Å². The van der Waals surface area contributed by atoms with Crippen LogP contribution < -0.4 is 0 Å². The molecule has 2 unspecified atom stereocenters. The lowest BCUT2D eigenvalue weighted by atomic mass is 10.1. The quantitative estimate of drug-likeness (QED) is 0.299. The van der Waals surface area contributed by atoms with Crippen molar-refractivity contribution in [2.75, 3.05) is 42.2 Å². The molecule has 26 heavy (non-hydrogen) atoms. The maximum absolute atomic E-state index is 10.9. The molecule has 0 spiro atoms. The number of aliphatic hydroxyl groups is 1. The average molecular weight is 380 g/mol. The zero-order valence-corrected chi connectivity index (χ0v) is 16.9. The second kappa shape index (κ2) is 19.2. The third-order valence-corrected chi connectivity index (χ3v) is 2.93. The van der Waals surface area contributed by atoms with Crippen molar-refractivity contribution < 1.29 is 43.2 Å². The van der Waals surface area contributed by atoms with Gasteiger partial charge in [-0.1, -0.05) is 6.92 Å². The van der Waals surface area contributed by atoms with E-state index >= 15 is 0 Å². The maximum atomic E-state index is 10.9. The average Bonchev–Trinajstić information content (AvgIpc) is 2.67. The Morgan fingerprint density at radius 2 is 1.54 bits per heavy atom. The third kappa shape index (κ3) is 15.4. The standard InChI is InChI=1S/C7H14O4.C6H10O3.C4H8O2/c1-5(7(9)11-3)6(4-8)10-2;1-5(4-8-2)6(7)9-3;1-3-4(5)6-2/h5-6,8H,4H2,1-3H3;4H,1-3H3;3H2,1-2H3. The van der Waals surface area contributed by atoms with Crippen LogP contribution in [0.1, 0.15) is 27.2 Å². The van der Waals surface area contributed by atoms with Gasteiger partial charge in [-0.15, -0.1) is 0 Å². The summed E-state index contributed by atoms with van der Waals surface area (Å²) in [6, 6.07) is 0. The number of carbonyl (C=O) groups excluding carboxylic acids is 3. The second-order valence-corrected chi connectivity index (χ2v) is 4.73. The molecular weight excluding hydrogens is 348 g/mol. The molecular formula is C17H32O9. The summed E-state index contributed by atoms with van der Waals surface area (Å²) in [6.45, 7) is 4.85. The van der Waals surface area contributed by atoms with E-state index in [1.54, 1.807) is 20.8 Å². The lowest BCUT2D eigenvalue weighted by Crippen LogP contribution is -2.31. The van der Waals surface area contributed by atoms with Gasteiger partial charge in [0.2, 0.25) is 0 Å². The van der Waals surface area contributed by atoms with Crippen LogP contribution in [0.5, 0.6) is 0 Å². The molecule has 154 valence electrons. The van der Waals surface area contributed by atoms with Crippen molar-refractivity contribution >= 4 is 17.9 Å². The Morgan fingerprint density at radius 1 is 1.00 bits per heavy atom. The van der Waals surface area contributed by atoms with Gasteiger partial charge < -0.3 is 28.8 Å². The van der Waals surface area contributed by atoms with E-state index < -0.39 is 12.0 Å². The van der Waals surface area contributed by atoms with Gasteiger partial charge in [-0.25, -0.2) is 4.79 Å². The fourth-order valence-electron chi connectivity index (χ4n) is 1.30. The molecule has 0 fully saturated rings. The molecule has 0 aromatic carbocycles. The Bertz CT molecular complexity index is 408. The minimum Gasteiger partial charge on any atom is -0.504 e. The Morgan fingerprint density at radius 3 is 1.77 bits per heavy atom. The molecule has 0 aromatic rings. The summed E-state index contributed by atoms with van der Waals surface area (Å²) in [5.41, 5.74) is 0.458. The van der Waals surface area contributed by atoms with Crippen LogP contribution in [-0.4, -0.2) is 71.3 Å². The van der Waals surface area contributed by atoms with Gasteiger partial charge >= 0.3 is 17.9 Å². The minimum atomic E-state index is -0.470. The summed E-state index contributed by atoms with van der Waals surface area (Å²) in [5.74, 6) is -1.31. The fourth-order valence-corrected chi connectivity index (χ4v) is 1.30. The highest BCUT2D eigenvalue weighted by atomic mass is 16.5. The predicted octanol–water partition coefficient (Wildman–Crippen LogP) is 1.08. The van der Waals surface area contributed by atoms with Crippen LogP contribution >= 0.6 is 0 Å². The maximum Gasteiger partial charge on any atom is 0.336 e. The van der Waals surface area contributed by atoms with Crippen molar-refractivity contribution in [3.05, 3.63) is 11.8 Å². The Kier molecular flexibility index (Phi) is 21.2. The zero-order valence-electron chi connectivity index (χ0n) is 16.9. The molecule has 0 radical (unpaired) electrons. The van der Waals surface area contributed by atoms with Crippen molar-refractivity contribution in [3.8, 4) is 0 Å². The molecule has 0 saturated carbocycles. The number of aliphatic hydroxyl groups excluding tert-OH is 1. The smallest absolute Gasteiger partial charge is 0.336 e. The van der Waals surface area contributed by atoms with Crippen molar-refractivity contribution in [1.29, 1.82) is 0 Å².